The van der Waals surface area contributed by atoms with E-state index >= 15 is 0 Å². The number of halogens is 1. The van der Waals surface area contributed by atoms with Crippen molar-refractivity contribution in [1.82, 2.24) is 14.9 Å². The third-order valence-corrected chi connectivity index (χ3v) is 3.16. The third-order valence-electron chi connectivity index (χ3n) is 2.89. The Balaban J connectivity index is 3.11. The highest BCUT2D eigenvalue weighted by Crippen LogP contribution is 2.21. The molecule has 6 heteroatoms. The van der Waals surface area contributed by atoms with Crippen LogP contribution in [-0.4, -0.2) is 28.0 Å². The van der Waals surface area contributed by atoms with E-state index in [4.69, 9.17) is 22.1 Å². The molecule has 21 heavy (non-hydrogen) atoms. The molecule has 0 aliphatic carbocycles. The number of rotatable bonds is 5. The van der Waals surface area contributed by atoms with E-state index in [2.05, 4.69) is 28.7 Å². The van der Waals surface area contributed by atoms with E-state index in [1.807, 2.05) is 31.3 Å². The van der Waals surface area contributed by atoms with E-state index in [1.165, 1.54) is 0 Å². The molecular formula is C15H16ClN5. The first kappa shape index (κ1) is 16.7. The summed E-state index contributed by atoms with van der Waals surface area (Å²) in [6, 6.07) is 3.66. The molecule has 1 aromatic rings. The first-order chi connectivity index (χ1) is 10.1. The standard InChI is InChI=1S/C15H16ClN5/c1-4-21(5-2)8-6-7-11(3)14-15(16)20-13(10-18)12(9-17)19-14/h6-8H,4-5H2,1-3H3/b8-6+,11-7+. The van der Waals surface area contributed by atoms with Gasteiger partial charge in [-0.25, -0.2) is 9.97 Å². The minimum Gasteiger partial charge on any atom is -0.378 e. The van der Waals surface area contributed by atoms with Crippen molar-refractivity contribution in [2.45, 2.75) is 20.8 Å². The van der Waals surface area contributed by atoms with Crippen LogP contribution in [0.2, 0.25) is 5.15 Å². The highest BCUT2D eigenvalue weighted by atomic mass is 35.5. The summed E-state index contributed by atoms with van der Waals surface area (Å²) in [7, 11) is 0. The Hall–Kier alpha value is -2.37. The lowest BCUT2D eigenvalue weighted by Crippen LogP contribution is -2.14. The van der Waals surface area contributed by atoms with Gasteiger partial charge < -0.3 is 4.90 Å². The van der Waals surface area contributed by atoms with Gasteiger partial charge in [0.2, 0.25) is 0 Å². The zero-order chi connectivity index (χ0) is 15.8. The highest BCUT2D eigenvalue weighted by Gasteiger charge is 2.12. The molecule has 0 N–H and O–H groups in total. The molecule has 0 spiro atoms. The van der Waals surface area contributed by atoms with Gasteiger partial charge in [-0.3, -0.25) is 0 Å². The number of nitriles is 2. The smallest absolute Gasteiger partial charge is 0.178 e. The molecule has 0 radical (unpaired) electrons. The molecule has 5 nitrogen and oxygen atoms in total. The Kier molecular flexibility index (Phi) is 6.39. The summed E-state index contributed by atoms with van der Waals surface area (Å²) >= 11 is 6.02. The number of hydrogen-bond acceptors (Lipinski definition) is 5. The van der Waals surface area contributed by atoms with Crippen LogP contribution in [0.1, 0.15) is 37.9 Å². The van der Waals surface area contributed by atoms with Crippen molar-refractivity contribution in [1.29, 1.82) is 10.5 Å². The molecule has 0 unspecified atom stereocenters. The molecule has 0 aromatic carbocycles. The zero-order valence-electron chi connectivity index (χ0n) is 12.3. The van der Waals surface area contributed by atoms with Gasteiger partial charge in [0.15, 0.2) is 16.5 Å². The average molecular weight is 302 g/mol. The van der Waals surface area contributed by atoms with Crippen molar-refractivity contribution in [2.24, 2.45) is 0 Å². The van der Waals surface area contributed by atoms with Crippen molar-refractivity contribution < 1.29 is 0 Å². The van der Waals surface area contributed by atoms with Gasteiger partial charge in [0.25, 0.3) is 0 Å². The van der Waals surface area contributed by atoms with Crippen LogP contribution in [0.5, 0.6) is 0 Å². The van der Waals surface area contributed by atoms with Gasteiger partial charge >= 0.3 is 0 Å². The molecular weight excluding hydrogens is 286 g/mol. The molecule has 0 bridgehead atoms. The Bertz CT molecular complexity index is 645. The van der Waals surface area contributed by atoms with Crippen molar-refractivity contribution in [3.63, 3.8) is 0 Å². The lowest BCUT2D eigenvalue weighted by atomic mass is 10.2. The first-order valence-electron chi connectivity index (χ1n) is 6.54. The van der Waals surface area contributed by atoms with E-state index in [1.54, 1.807) is 6.07 Å². The topological polar surface area (TPSA) is 76.6 Å². The largest absolute Gasteiger partial charge is 0.378 e. The molecule has 108 valence electrons. The van der Waals surface area contributed by atoms with Crippen LogP contribution in [0.15, 0.2) is 18.4 Å². The molecule has 0 aliphatic heterocycles. The molecule has 0 amide bonds. The lowest BCUT2D eigenvalue weighted by Gasteiger charge is -2.14. The second-order valence-corrected chi connectivity index (χ2v) is 4.55. The Morgan fingerprint density at radius 3 is 2.29 bits per heavy atom. The molecule has 0 fully saturated rings. The fourth-order valence-electron chi connectivity index (χ4n) is 1.64. The van der Waals surface area contributed by atoms with E-state index in [0.717, 1.165) is 18.7 Å². The van der Waals surface area contributed by atoms with Crippen molar-refractivity contribution in [2.75, 3.05) is 13.1 Å². The molecule has 0 aliphatic rings. The van der Waals surface area contributed by atoms with Crippen LogP contribution in [0.3, 0.4) is 0 Å². The lowest BCUT2D eigenvalue weighted by molar-refractivity contribution is 0.419. The van der Waals surface area contributed by atoms with Crippen LogP contribution < -0.4 is 0 Å². The van der Waals surface area contributed by atoms with Crippen molar-refractivity contribution in [3.8, 4) is 12.1 Å². The fraction of sp³-hybridized carbons (Fsp3) is 0.333. The number of allylic oxidation sites excluding steroid dienone is 3. The van der Waals surface area contributed by atoms with E-state index in [-0.39, 0.29) is 16.5 Å². The Morgan fingerprint density at radius 1 is 1.19 bits per heavy atom. The number of aromatic nitrogens is 2. The average Bonchev–Trinajstić information content (AvgIpc) is 2.50. The SMILES string of the molecule is CCN(/C=C/C=C(\C)c1nc(C#N)c(C#N)nc1Cl)CC. The summed E-state index contributed by atoms with van der Waals surface area (Å²) in [5, 5.41) is 18.0. The van der Waals surface area contributed by atoms with Crippen LogP contribution in [0.25, 0.3) is 5.57 Å². The van der Waals surface area contributed by atoms with Crippen molar-refractivity contribution in [3.05, 3.63) is 40.6 Å². The molecule has 0 atom stereocenters. The summed E-state index contributed by atoms with van der Waals surface area (Å²) in [6.45, 7) is 7.83. The second kappa shape index (κ2) is 8.04. The van der Waals surface area contributed by atoms with Crippen LogP contribution in [0, 0.1) is 22.7 Å². The minimum absolute atomic E-state index is 0.0163. The highest BCUT2D eigenvalue weighted by molar-refractivity contribution is 6.31. The number of hydrogen-bond donors (Lipinski definition) is 0. The summed E-state index contributed by atoms with van der Waals surface area (Å²) in [5.74, 6) is 0. The fourth-order valence-corrected chi connectivity index (χ4v) is 1.92. The monoisotopic (exact) mass is 301 g/mol. The predicted octanol–water partition coefficient (Wildman–Crippen LogP) is 3.13. The van der Waals surface area contributed by atoms with Gasteiger partial charge in [-0.2, -0.15) is 10.5 Å². The maximum absolute atomic E-state index is 8.97. The quantitative estimate of drug-likeness (QED) is 0.781. The van der Waals surface area contributed by atoms with E-state index < -0.39 is 0 Å². The summed E-state index contributed by atoms with van der Waals surface area (Å²) in [5.41, 5.74) is 1.11. The maximum Gasteiger partial charge on any atom is 0.178 e. The molecule has 1 aromatic heterocycles. The normalized spacial score (nSPS) is 11.2. The van der Waals surface area contributed by atoms with Crippen LogP contribution >= 0.6 is 11.6 Å². The first-order valence-corrected chi connectivity index (χ1v) is 6.92. The van der Waals surface area contributed by atoms with Gasteiger partial charge in [-0.05, 0) is 38.6 Å². The summed E-state index contributed by atoms with van der Waals surface area (Å²) in [4.78, 5) is 10.1. The maximum atomic E-state index is 8.97. The van der Waals surface area contributed by atoms with Crippen molar-refractivity contribution >= 4 is 17.2 Å². The van der Waals surface area contributed by atoms with Crippen LogP contribution in [0.4, 0.5) is 0 Å². The zero-order valence-corrected chi connectivity index (χ0v) is 13.0. The summed E-state index contributed by atoms with van der Waals surface area (Å²) < 4.78 is 0. The minimum atomic E-state index is -0.0577. The van der Waals surface area contributed by atoms with Gasteiger partial charge in [0, 0.05) is 13.1 Å². The van der Waals surface area contributed by atoms with Crippen LogP contribution in [-0.2, 0) is 0 Å². The van der Waals surface area contributed by atoms with Gasteiger partial charge in [-0.1, -0.05) is 17.7 Å². The molecule has 0 saturated heterocycles. The van der Waals surface area contributed by atoms with Gasteiger partial charge in [-0.15, -0.1) is 0 Å². The second-order valence-electron chi connectivity index (χ2n) is 4.20. The summed E-state index contributed by atoms with van der Waals surface area (Å²) in [6.07, 6.45) is 5.71. The Labute approximate surface area is 129 Å². The number of nitrogens with zero attached hydrogens (tertiary/aromatic N) is 5. The molecule has 1 heterocycles. The third kappa shape index (κ3) is 4.30. The van der Waals surface area contributed by atoms with E-state index in [0.29, 0.717) is 5.69 Å². The van der Waals surface area contributed by atoms with E-state index in [9.17, 15) is 0 Å². The predicted molar refractivity (Wildman–Crippen MR) is 82.2 cm³/mol. The van der Waals surface area contributed by atoms with Gasteiger partial charge in [0.1, 0.15) is 17.8 Å². The molecule has 0 saturated carbocycles. The molecule has 1 rings (SSSR count). The Morgan fingerprint density at radius 2 is 1.76 bits per heavy atom. The van der Waals surface area contributed by atoms with Gasteiger partial charge in [0.05, 0.1) is 0 Å².